The Balaban J connectivity index is 2.08. The average molecular weight is 226 g/mol. The van der Waals surface area contributed by atoms with Gasteiger partial charge in [0.15, 0.2) is 0 Å². The molecule has 94 valence electrons. The van der Waals surface area contributed by atoms with Crippen molar-refractivity contribution in [3.8, 4) is 0 Å². The molecule has 1 rings (SSSR count). The number of aliphatic hydroxyl groups excluding tert-OH is 1. The van der Waals surface area contributed by atoms with Crippen molar-refractivity contribution in [2.24, 2.45) is 0 Å². The van der Waals surface area contributed by atoms with Crippen LogP contribution in [0, 0.1) is 0 Å². The van der Waals surface area contributed by atoms with E-state index in [0.29, 0.717) is 6.04 Å². The van der Waals surface area contributed by atoms with Crippen molar-refractivity contribution < 1.29 is 5.11 Å². The predicted molar refractivity (Wildman–Crippen MR) is 68.6 cm³/mol. The van der Waals surface area contributed by atoms with Crippen molar-refractivity contribution in [2.75, 3.05) is 26.2 Å². The van der Waals surface area contributed by atoms with Gasteiger partial charge in [-0.2, -0.15) is 0 Å². The van der Waals surface area contributed by atoms with Gasteiger partial charge in [0.25, 0.3) is 0 Å². The second-order valence-electron chi connectivity index (χ2n) is 4.73. The minimum Gasteiger partial charge on any atom is -0.395 e. The third-order valence-corrected chi connectivity index (χ3v) is 3.18. The van der Waals surface area contributed by atoms with E-state index in [1.54, 1.807) is 0 Å². The summed E-state index contributed by atoms with van der Waals surface area (Å²) in [5, 5.41) is 12.5. The summed E-state index contributed by atoms with van der Waals surface area (Å²) in [4.78, 5) is 2.28. The van der Waals surface area contributed by atoms with E-state index in [1.165, 1.54) is 25.7 Å². The Kier molecular flexibility index (Phi) is 6.69. The maximum Gasteiger partial charge on any atom is 0.0558 e. The first-order chi connectivity index (χ1) is 7.77. The lowest BCUT2D eigenvalue weighted by atomic mass is 10.1. The van der Waals surface area contributed by atoms with E-state index in [1.807, 2.05) is 6.08 Å². The zero-order valence-corrected chi connectivity index (χ0v) is 10.5. The first-order valence-corrected chi connectivity index (χ1v) is 6.47. The van der Waals surface area contributed by atoms with E-state index >= 15 is 0 Å². The van der Waals surface area contributed by atoms with Crippen molar-refractivity contribution in [1.29, 1.82) is 0 Å². The maximum absolute atomic E-state index is 8.98. The van der Waals surface area contributed by atoms with Gasteiger partial charge in [0.1, 0.15) is 0 Å². The Morgan fingerprint density at radius 2 is 2.31 bits per heavy atom. The molecule has 3 heteroatoms. The van der Waals surface area contributed by atoms with E-state index in [0.717, 1.165) is 25.7 Å². The van der Waals surface area contributed by atoms with Gasteiger partial charge in [0.2, 0.25) is 0 Å². The van der Waals surface area contributed by atoms with Gasteiger partial charge in [0.05, 0.1) is 6.61 Å². The van der Waals surface area contributed by atoms with Crippen molar-refractivity contribution >= 4 is 0 Å². The fourth-order valence-electron chi connectivity index (χ4n) is 1.96. The van der Waals surface area contributed by atoms with Crippen LogP contribution in [0.2, 0.25) is 0 Å². The lowest BCUT2D eigenvalue weighted by Crippen LogP contribution is -2.36. The van der Waals surface area contributed by atoms with Crippen LogP contribution in [0.15, 0.2) is 12.7 Å². The third-order valence-electron chi connectivity index (χ3n) is 3.18. The molecule has 0 spiro atoms. The molecule has 1 aliphatic rings. The molecule has 1 saturated carbocycles. The molecule has 3 nitrogen and oxygen atoms in total. The lowest BCUT2D eigenvalue weighted by Gasteiger charge is -2.27. The maximum atomic E-state index is 8.98. The van der Waals surface area contributed by atoms with Crippen molar-refractivity contribution in [3.63, 3.8) is 0 Å². The van der Waals surface area contributed by atoms with Crippen LogP contribution in [-0.4, -0.2) is 48.3 Å². The van der Waals surface area contributed by atoms with Crippen LogP contribution >= 0.6 is 0 Å². The van der Waals surface area contributed by atoms with Crippen molar-refractivity contribution in [3.05, 3.63) is 12.7 Å². The molecule has 16 heavy (non-hydrogen) atoms. The molecular formula is C13H26N2O. The zero-order valence-electron chi connectivity index (χ0n) is 10.5. The van der Waals surface area contributed by atoms with Crippen LogP contribution in [0.4, 0.5) is 0 Å². The van der Waals surface area contributed by atoms with Crippen LogP contribution in [0.3, 0.4) is 0 Å². The zero-order chi connectivity index (χ0) is 11.8. The SMILES string of the molecule is C=CCN(CCO)C(C)CCCNC1CC1. The summed E-state index contributed by atoms with van der Waals surface area (Å²) in [6, 6.07) is 1.35. The molecular weight excluding hydrogens is 200 g/mol. The highest BCUT2D eigenvalue weighted by Gasteiger charge is 2.19. The Labute approximate surface area is 99.5 Å². The van der Waals surface area contributed by atoms with Gasteiger partial charge in [-0.25, -0.2) is 0 Å². The van der Waals surface area contributed by atoms with Gasteiger partial charge in [0, 0.05) is 25.2 Å². The Bertz CT molecular complexity index is 192. The molecule has 0 heterocycles. The van der Waals surface area contributed by atoms with Gasteiger partial charge in [-0.05, 0) is 39.2 Å². The van der Waals surface area contributed by atoms with E-state index < -0.39 is 0 Å². The molecule has 2 N–H and O–H groups in total. The number of nitrogens with one attached hydrogen (secondary N) is 1. The smallest absolute Gasteiger partial charge is 0.0558 e. The molecule has 0 saturated heterocycles. The summed E-state index contributed by atoms with van der Waals surface area (Å²) < 4.78 is 0. The summed E-state index contributed by atoms with van der Waals surface area (Å²) in [5.74, 6) is 0. The van der Waals surface area contributed by atoms with E-state index in [4.69, 9.17) is 5.11 Å². The van der Waals surface area contributed by atoms with Crippen molar-refractivity contribution in [1.82, 2.24) is 10.2 Å². The monoisotopic (exact) mass is 226 g/mol. The van der Waals surface area contributed by atoms with E-state index in [-0.39, 0.29) is 6.61 Å². The largest absolute Gasteiger partial charge is 0.395 e. The highest BCUT2D eigenvalue weighted by atomic mass is 16.3. The highest BCUT2D eigenvalue weighted by Crippen LogP contribution is 2.18. The van der Waals surface area contributed by atoms with E-state index in [9.17, 15) is 0 Å². The van der Waals surface area contributed by atoms with Gasteiger partial charge < -0.3 is 10.4 Å². The van der Waals surface area contributed by atoms with Gasteiger partial charge in [-0.3, -0.25) is 4.90 Å². The van der Waals surface area contributed by atoms with Crippen molar-refractivity contribution in [2.45, 2.75) is 44.7 Å². The molecule has 1 atom stereocenters. The molecule has 0 radical (unpaired) electrons. The van der Waals surface area contributed by atoms with Crippen LogP contribution < -0.4 is 5.32 Å². The molecule has 1 aliphatic carbocycles. The molecule has 1 unspecified atom stereocenters. The molecule has 0 aliphatic heterocycles. The summed E-state index contributed by atoms with van der Waals surface area (Å²) in [5.41, 5.74) is 0. The second kappa shape index (κ2) is 7.82. The first kappa shape index (κ1) is 13.7. The van der Waals surface area contributed by atoms with Gasteiger partial charge in [-0.15, -0.1) is 6.58 Å². The fourth-order valence-corrected chi connectivity index (χ4v) is 1.96. The molecule has 0 aromatic rings. The molecule has 0 aromatic heterocycles. The standard InChI is InChI=1S/C13H26N2O/c1-3-9-15(10-11-16)12(2)5-4-8-14-13-6-7-13/h3,12-14,16H,1,4-11H2,2H3. The Hall–Kier alpha value is -0.380. The highest BCUT2D eigenvalue weighted by molar-refractivity contribution is 4.81. The van der Waals surface area contributed by atoms with Crippen LogP contribution in [-0.2, 0) is 0 Å². The molecule has 0 amide bonds. The van der Waals surface area contributed by atoms with Crippen LogP contribution in [0.5, 0.6) is 0 Å². The molecule has 0 bridgehead atoms. The third kappa shape index (κ3) is 5.64. The van der Waals surface area contributed by atoms with Crippen LogP contribution in [0.1, 0.15) is 32.6 Å². The first-order valence-electron chi connectivity index (χ1n) is 6.47. The number of hydrogen-bond donors (Lipinski definition) is 2. The normalized spacial score (nSPS) is 17.7. The van der Waals surface area contributed by atoms with Crippen LogP contribution in [0.25, 0.3) is 0 Å². The average Bonchev–Trinajstić information content (AvgIpc) is 3.07. The Morgan fingerprint density at radius 1 is 1.56 bits per heavy atom. The van der Waals surface area contributed by atoms with Gasteiger partial charge >= 0.3 is 0 Å². The number of hydrogen-bond acceptors (Lipinski definition) is 3. The Morgan fingerprint density at radius 3 is 2.88 bits per heavy atom. The predicted octanol–water partition coefficient (Wildman–Crippen LogP) is 1.39. The lowest BCUT2D eigenvalue weighted by molar-refractivity contribution is 0.165. The van der Waals surface area contributed by atoms with E-state index in [2.05, 4.69) is 23.7 Å². The summed E-state index contributed by atoms with van der Waals surface area (Å²) >= 11 is 0. The summed E-state index contributed by atoms with van der Waals surface area (Å²) in [7, 11) is 0. The number of nitrogens with zero attached hydrogens (tertiary/aromatic N) is 1. The number of rotatable bonds is 10. The fraction of sp³-hybridized carbons (Fsp3) is 0.846. The quantitative estimate of drug-likeness (QED) is 0.436. The molecule has 1 fully saturated rings. The number of aliphatic hydroxyl groups is 1. The van der Waals surface area contributed by atoms with Gasteiger partial charge in [-0.1, -0.05) is 6.08 Å². The second-order valence-corrected chi connectivity index (χ2v) is 4.73. The molecule has 0 aromatic carbocycles. The summed E-state index contributed by atoms with van der Waals surface area (Å²) in [6.07, 6.45) is 7.05. The minimum atomic E-state index is 0.235. The minimum absolute atomic E-state index is 0.235. The topological polar surface area (TPSA) is 35.5 Å². The summed E-state index contributed by atoms with van der Waals surface area (Å²) in [6.45, 7) is 8.99.